The number of carboxylic acid groups (broad SMARTS) is 1. The van der Waals surface area contributed by atoms with E-state index >= 15 is 0 Å². The molecule has 0 unspecified atom stereocenters. The predicted octanol–water partition coefficient (Wildman–Crippen LogP) is 4.92. The van der Waals surface area contributed by atoms with E-state index in [-0.39, 0.29) is 35.7 Å². The van der Waals surface area contributed by atoms with Crippen molar-refractivity contribution in [2.45, 2.75) is 38.3 Å². The molecule has 0 bridgehead atoms. The second-order valence-corrected chi connectivity index (χ2v) is 7.53. The number of nitrogens with zero attached hydrogens (tertiary/aromatic N) is 3. The lowest BCUT2D eigenvalue weighted by Crippen LogP contribution is -2.29. The van der Waals surface area contributed by atoms with Crippen molar-refractivity contribution < 1.29 is 23.1 Å². The lowest BCUT2D eigenvalue weighted by Gasteiger charge is -2.16. The van der Waals surface area contributed by atoms with Gasteiger partial charge in [0, 0.05) is 12.3 Å². The number of hydrogen-bond acceptors (Lipinski definition) is 4. The number of nitrogens with one attached hydrogen (secondary N) is 1. The highest BCUT2D eigenvalue weighted by molar-refractivity contribution is 5.93. The van der Waals surface area contributed by atoms with Crippen LogP contribution in [0.4, 0.5) is 24.8 Å². The number of carboxylic acids is 1. The average Bonchev–Trinajstić information content (AvgIpc) is 3.41. The van der Waals surface area contributed by atoms with E-state index in [0.717, 1.165) is 11.1 Å². The van der Waals surface area contributed by atoms with Crippen LogP contribution in [0.5, 0.6) is 0 Å². The summed E-state index contributed by atoms with van der Waals surface area (Å²) in [6, 6.07) is 9.76. The first-order valence-corrected chi connectivity index (χ1v) is 9.33. The van der Waals surface area contributed by atoms with Gasteiger partial charge in [0.05, 0.1) is 11.4 Å². The quantitative estimate of drug-likeness (QED) is 0.617. The largest absolute Gasteiger partial charge is 0.478 e. The van der Waals surface area contributed by atoms with Gasteiger partial charge in [-0.25, -0.2) is 14.5 Å². The number of aryl methyl sites for hydroxylation is 2. The molecule has 1 fully saturated rings. The fraction of sp³-hybridized carbons (Fsp3) is 0.286. The van der Waals surface area contributed by atoms with Crippen molar-refractivity contribution in [1.82, 2.24) is 14.8 Å². The highest BCUT2D eigenvalue weighted by atomic mass is 19.4. The summed E-state index contributed by atoms with van der Waals surface area (Å²) in [6.45, 7) is 3.71. The summed E-state index contributed by atoms with van der Waals surface area (Å²) < 4.78 is 42.5. The molecule has 30 heavy (non-hydrogen) atoms. The number of benzene rings is 1. The number of halogens is 3. The number of aromatic carboxylic acids is 1. The van der Waals surface area contributed by atoms with Crippen molar-refractivity contribution >= 4 is 17.6 Å². The van der Waals surface area contributed by atoms with Gasteiger partial charge < -0.3 is 10.4 Å². The molecule has 2 N–H and O–H groups in total. The SMILES string of the molecule is Cc1ccc(C)c(-n2nc(C3(C(F)(F)F)CC3)cc2Nc2ncccc2C(=O)O)c1. The summed E-state index contributed by atoms with van der Waals surface area (Å²) in [4.78, 5) is 15.6. The van der Waals surface area contributed by atoms with Crippen LogP contribution in [0.3, 0.4) is 0 Å². The van der Waals surface area contributed by atoms with Crippen molar-refractivity contribution in [2.24, 2.45) is 0 Å². The van der Waals surface area contributed by atoms with E-state index in [0.29, 0.717) is 5.69 Å². The van der Waals surface area contributed by atoms with Gasteiger partial charge in [-0.05, 0) is 56.0 Å². The molecule has 0 atom stereocenters. The van der Waals surface area contributed by atoms with Gasteiger partial charge in [0.15, 0.2) is 0 Å². The van der Waals surface area contributed by atoms with Gasteiger partial charge in [-0.2, -0.15) is 18.3 Å². The minimum atomic E-state index is -4.41. The molecular weight excluding hydrogens is 397 g/mol. The highest BCUT2D eigenvalue weighted by Gasteiger charge is 2.65. The zero-order valence-electron chi connectivity index (χ0n) is 16.3. The van der Waals surface area contributed by atoms with Gasteiger partial charge in [-0.1, -0.05) is 12.1 Å². The molecule has 3 aromatic rings. The first-order chi connectivity index (χ1) is 14.1. The molecular formula is C21H19F3N4O2. The molecule has 1 aliphatic rings. The molecule has 1 aromatic carbocycles. The maximum atomic E-state index is 13.7. The van der Waals surface area contributed by atoms with Gasteiger partial charge in [-0.3, -0.25) is 0 Å². The summed E-state index contributed by atoms with van der Waals surface area (Å²) >= 11 is 0. The van der Waals surface area contributed by atoms with Crippen molar-refractivity contribution in [3.63, 3.8) is 0 Å². The molecule has 0 aliphatic heterocycles. The lowest BCUT2D eigenvalue weighted by atomic mass is 10.0. The third-order valence-corrected chi connectivity index (χ3v) is 5.37. The standard InChI is InChI=1S/C21H19F3N4O2/c1-12-5-6-13(2)15(10-12)28-17(26-18-14(19(29)30)4-3-9-25-18)11-16(27-28)20(7-8-20)21(22,23)24/h3-6,9-11H,7-8H2,1-2H3,(H,25,26)(H,29,30). The van der Waals surface area contributed by atoms with E-state index in [2.05, 4.69) is 15.4 Å². The third kappa shape index (κ3) is 3.30. The molecule has 0 amide bonds. The van der Waals surface area contributed by atoms with Crippen molar-refractivity contribution in [1.29, 1.82) is 0 Å². The smallest absolute Gasteiger partial charge is 0.400 e. The van der Waals surface area contributed by atoms with Gasteiger partial charge in [-0.15, -0.1) is 0 Å². The minimum absolute atomic E-state index is 0.0241. The second-order valence-electron chi connectivity index (χ2n) is 7.53. The molecule has 1 saturated carbocycles. The Bertz CT molecular complexity index is 1130. The Balaban J connectivity index is 1.87. The van der Waals surface area contributed by atoms with E-state index in [1.165, 1.54) is 29.1 Å². The number of aromatic nitrogens is 3. The van der Waals surface area contributed by atoms with Crippen LogP contribution >= 0.6 is 0 Å². The van der Waals surface area contributed by atoms with Crippen molar-refractivity contribution in [3.8, 4) is 5.69 Å². The Hall–Kier alpha value is -3.36. The second kappa shape index (κ2) is 6.86. The number of anilines is 2. The molecule has 1 aliphatic carbocycles. The van der Waals surface area contributed by atoms with Gasteiger partial charge in [0.2, 0.25) is 0 Å². The minimum Gasteiger partial charge on any atom is -0.478 e. The average molecular weight is 416 g/mol. The molecule has 0 radical (unpaired) electrons. The normalized spacial score (nSPS) is 15.1. The summed E-state index contributed by atoms with van der Waals surface area (Å²) in [7, 11) is 0. The van der Waals surface area contributed by atoms with Crippen LogP contribution < -0.4 is 5.32 Å². The third-order valence-electron chi connectivity index (χ3n) is 5.37. The zero-order chi connectivity index (χ0) is 21.7. The van der Waals surface area contributed by atoms with Crippen LogP contribution in [0.1, 0.15) is 40.0 Å². The molecule has 156 valence electrons. The topological polar surface area (TPSA) is 80.0 Å². The van der Waals surface area contributed by atoms with E-state index in [1.807, 2.05) is 32.0 Å². The van der Waals surface area contributed by atoms with E-state index in [9.17, 15) is 23.1 Å². The maximum Gasteiger partial charge on any atom is 0.400 e. The fourth-order valence-corrected chi connectivity index (χ4v) is 3.44. The number of hydrogen-bond donors (Lipinski definition) is 2. The van der Waals surface area contributed by atoms with Crippen LogP contribution in [0.25, 0.3) is 5.69 Å². The molecule has 4 rings (SSSR count). The monoisotopic (exact) mass is 416 g/mol. The summed E-state index contributed by atoms with van der Waals surface area (Å²) in [6.07, 6.45) is -3.05. The summed E-state index contributed by atoms with van der Waals surface area (Å²) in [5, 5.41) is 16.6. The Morgan fingerprint density at radius 1 is 1.20 bits per heavy atom. The molecule has 2 heterocycles. The fourth-order valence-electron chi connectivity index (χ4n) is 3.44. The number of carbonyl (C=O) groups is 1. The lowest BCUT2D eigenvalue weighted by molar-refractivity contribution is -0.161. The Kier molecular flexibility index (Phi) is 4.56. The van der Waals surface area contributed by atoms with E-state index < -0.39 is 17.6 Å². The number of rotatable bonds is 5. The first-order valence-electron chi connectivity index (χ1n) is 9.33. The molecule has 6 nitrogen and oxygen atoms in total. The highest BCUT2D eigenvalue weighted by Crippen LogP contribution is 2.58. The maximum absolute atomic E-state index is 13.7. The van der Waals surface area contributed by atoms with E-state index in [4.69, 9.17) is 0 Å². The molecule has 0 spiro atoms. The van der Waals surface area contributed by atoms with Gasteiger partial charge >= 0.3 is 12.1 Å². The first kappa shape index (κ1) is 19.9. The van der Waals surface area contributed by atoms with Crippen LogP contribution in [-0.2, 0) is 5.41 Å². The van der Waals surface area contributed by atoms with E-state index in [1.54, 1.807) is 0 Å². The number of alkyl halides is 3. The Morgan fingerprint density at radius 3 is 2.57 bits per heavy atom. The summed E-state index contributed by atoms with van der Waals surface area (Å²) in [5.74, 6) is -0.951. The zero-order valence-corrected chi connectivity index (χ0v) is 16.3. The number of pyridine rings is 1. The predicted molar refractivity (Wildman–Crippen MR) is 104 cm³/mol. The Morgan fingerprint density at radius 2 is 1.93 bits per heavy atom. The van der Waals surface area contributed by atoms with Gasteiger partial charge in [0.25, 0.3) is 0 Å². The Labute approximate surface area is 170 Å². The van der Waals surface area contributed by atoms with Crippen LogP contribution in [-0.4, -0.2) is 32.0 Å². The van der Waals surface area contributed by atoms with Crippen LogP contribution in [0.15, 0.2) is 42.6 Å². The van der Waals surface area contributed by atoms with Crippen LogP contribution in [0.2, 0.25) is 0 Å². The van der Waals surface area contributed by atoms with Crippen LogP contribution in [0, 0.1) is 13.8 Å². The van der Waals surface area contributed by atoms with Crippen molar-refractivity contribution in [3.05, 3.63) is 65.0 Å². The van der Waals surface area contributed by atoms with Gasteiger partial charge in [0.1, 0.15) is 22.6 Å². The molecule has 9 heteroatoms. The molecule has 2 aromatic heterocycles. The summed E-state index contributed by atoms with van der Waals surface area (Å²) in [5.41, 5.74) is 0.186. The molecule has 0 saturated heterocycles. The van der Waals surface area contributed by atoms with Crippen molar-refractivity contribution in [2.75, 3.05) is 5.32 Å².